The van der Waals surface area contributed by atoms with Crippen molar-refractivity contribution in [3.05, 3.63) is 35.9 Å². The molecule has 146 valence electrons. The predicted octanol–water partition coefficient (Wildman–Crippen LogP) is 4.27. The Bertz CT molecular complexity index is 650. The number of carbonyl (C=O) groups excluding carboxylic acids is 4. The van der Waals surface area contributed by atoms with Gasteiger partial charge in [-0.05, 0) is 22.8 Å². The van der Waals surface area contributed by atoms with Crippen LogP contribution in [-0.4, -0.2) is 40.2 Å². The molecule has 0 aromatic heterocycles. The van der Waals surface area contributed by atoms with E-state index in [1.165, 1.54) is 10.8 Å². The maximum absolute atomic E-state index is 11.9. The number of rotatable bonds is 5. The molecule has 0 N–H and O–H groups in total. The standard InChI is InChI=1S/C13H14O2S2.C6H8O2S2/c14-12(8-10-4-2-1-3-5-10)9-11-6-7-16-17-13(11)15;7-3-5-4-10-9-2-1-6(5)8/h1-5,11H,6-9H2;3,5H,1-2,4H2. The summed E-state index contributed by atoms with van der Waals surface area (Å²) in [7, 11) is 6.19. The number of benzene rings is 1. The van der Waals surface area contributed by atoms with Crippen molar-refractivity contribution in [2.45, 2.75) is 25.7 Å². The monoisotopic (exact) mass is 442 g/mol. The molecule has 2 heterocycles. The maximum atomic E-state index is 11.9. The summed E-state index contributed by atoms with van der Waals surface area (Å²) in [6.45, 7) is 0. The molecule has 2 aliphatic heterocycles. The van der Waals surface area contributed by atoms with Gasteiger partial charge in [-0.25, -0.2) is 0 Å². The second-order valence-electron chi connectivity index (χ2n) is 6.18. The fraction of sp³-hybridized carbons (Fsp3) is 0.474. The van der Waals surface area contributed by atoms with Gasteiger partial charge in [-0.2, -0.15) is 0 Å². The zero-order valence-electron chi connectivity index (χ0n) is 14.8. The van der Waals surface area contributed by atoms with Crippen molar-refractivity contribution in [1.29, 1.82) is 0 Å². The van der Waals surface area contributed by atoms with Gasteiger partial charge >= 0.3 is 0 Å². The van der Waals surface area contributed by atoms with Crippen LogP contribution in [0.25, 0.3) is 0 Å². The van der Waals surface area contributed by atoms with Crippen LogP contribution in [-0.2, 0) is 25.6 Å². The molecule has 2 unspecified atom stereocenters. The Kier molecular flexibility index (Phi) is 10.6. The van der Waals surface area contributed by atoms with Gasteiger partial charge in [0.1, 0.15) is 17.9 Å². The largest absolute Gasteiger partial charge is 0.303 e. The van der Waals surface area contributed by atoms with Crippen molar-refractivity contribution >= 4 is 66.1 Å². The van der Waals surface area contributed by atoms with E-state index in [0.717, 1.165) is 29.8 Å². The first-order chi connectivity index (χ1) is 13.1. The number of carbonyl (C=O) groups is 4. The molecule has 1 aromatic rings. The summed E-state index contributed by atoms with van der Waals surface area (Å²) in [5.41, 5.74) is 1.03. The molecular weight excluding hydrogens is 420 g/mol. The fourth-order valence-electron chi connectivity index (χ4n) is 2.55. The number of hydrogen-bond acceptors (Lipinski definition) is 8. The van der Waals surface area contributed by atoms with Crippen LogP contribution in [0.1, 0.15) is 24.8 Å². The number of aldehydes is 1. The predicted molar refractivity (Wildman–Crippen MR) is 117 cm³/mol. The topological polar surface area (TPSA) is 68.3 Å². The Balaban J connectivity index is 0.000000223. The molecule has 0 aliphatic carbocycles. The van der Waals surface area contributed by atoms with E-state index < -0.39 is 0 Å². The van der Waals surface area contributed by atoms with Crippen LogP contribution < -0.4 is 0 Å². The van der Waals surface area contributed by atoms with Gasteiger partial charge in [0, 0.05) is 42.4 Å². The maximum Gasteiger partial charge on any atom is 0.202 e. The number of Topliss-reactive ketones (excluding diaryl/α,β-unsaturated/α-hetero) is 2. The van der Waals surface area contributed by atoms with Gasteiger partial charge in [0.25, 0.3) is 0 Å². The minimum Gasteiger partial charge on any atom is -0.303 e. The van der Waals surface area contributed by atoms with Crippen LogP contribution in [0.2, 0.25) is 0 Å². The minimum absolute atomic E-state index is 0.0579. The molecule has 4 nitrogen and oxygen atoms in total. The van der Waals surface area contributed by atoms with Gasteiger partial charge in [-0.15, -0.1) is 0 Å². The SMILES string of the molecule is O=C(Cc1ccccc1)CC1CCSSC1=O.O=CC1CSSCCC1=O. The van der Waals surface area contributed by atoms with Gasteiger partial charge in [0.05, 0.1) is 5.92 Å². The molecule has 2 aliphatic rings. The lowest BCUT2D eigenvalue weighted by molar-refractivity contribution is -0.126. The summed E-state index contributed by atoms with van der Waals surface area (Å²) in [5.74, 6) is 2.37. The van der Waals surface area contributed by atoms with Gasteiger partial charge < -0.3 is 4.79 Å². The second-order valence-corrected chi connectivity index (χ2v) is 11.2. The van der Waals surface area contributed by atoms with E-state index in [2.05, 4.69) is 0 Å². The molecule has 0 amide bonds. The summed E-state index contributed by atoms with van der Waals surface area (Å²) in [4.78, 5) is 44.7. The summed E-state index contributed by atoms with van der Waals surface area (Å²) >= 11 is 0. The molecule has 0 saturated carbocycles. The highest BCUT2D eigenvalue weighted by Crippen LogP contribution is 2.35. The van der Waals surface area contributed by atoms with Crippen molar-refractivity contribution in [2.75, 3.05) is 17.3 Å². The Labute approximate surface area is 175 Å². The fourth-order valence-corrected chi connectivity index (χ4v) is 7.00. The summed E-state index contributed by atoms with van der Waals surface area (Å²) in [6, 6.07) is 9.70. The van der Waals surface area contributed by atoms with Gasteiger partial charge in [-0.3, -0.25) is 14.4 Å². The number of ketones is 2. The first-order valence-electron chi connectivity index (χ1n) is 8.71. The molecule has 0 spiro atoms. The van der Waals surface area contributed by atoms with Crippen LogP contribution >= 0.6 is 43.2 Å². The van der Waals surface area contributed by atoms with Crippen molar-refractivity contribution in [2.24, 2.45) is 11.8 Å². The Hall–Kier alpha value is -0.700. The van der Waals surface area contributed by atoms with E-state index in [4.69, 9.17) is 0 Å². The highest BCUT2D eigenvalue weighted by Gasteiger charge is 2.25. The molecule has 2 atom stereocenters. The van der Waals surface area contributed by atoms with Crippen LogP contribution in [0.15, 0.2) is 30.3 Å². The highest BCUT2D eigenvalue weighted by molar-refractivity contribution is 8.82. The van der Waals surface area contributed by atoms with Crippen molar-refractivity contribution in [1.82, 2.24) is 0 Å². The van der Waals surface area contributed by atoms with Crippen LogP contribution in [0.3, 0.4) is 0 Å². The Morgan fingerprint density at radius 3 is 2.56 bits per heavy atom. The average Bonchev–Trinajstić information content (AvgIpc) is 2.89. The first kappa shape index (κ1) is 22.6. The van der Waals surface area contributed by atoms with E-state index in [0.29, 0.717) is 25.0 Å². The molecule has 8 heteroatoms. The molecule has 3 rings (SSSR count). The third-order valence-corrected chi connectivity index (χ3v) is 8.89. The number of hydrogen-bond donors (Lipinski definition) is 0. The molecule has 0 bridgehead atoms. The van der Waals surface area contributed by atoms with Crippen molar-refractivity contribution in [3.63, 3.8) is 0 Å². The van der Waals surface area contributed by atoms with Gasteiger partial charge in [0.15, 0.2) is 0 Å². The van der Waals surface area contributed by atoms with E-state index >= 15 is 0 Å². The molecule has 2 fully saturated rings. The lowest BCUT2D eigenvalue weighted by Gasteiger charge is -2.18. The molecule has 1 aromatic carbocycles. The second kappa shape index (κ2) is 12.7. The zero-order chi connectivity index (χ0) is 19.5. The van der Waals surface area contributed by atoms with Gasteiger partial charge in [-0.1, -0.05) is 62.7 Å². The molecule has 27 heavy (non-hydrogen) atoms. The third kappa shape index (κ3) is 8.46. The normalized spacial score (nSPS) is 23.0. The quantitative estimate of drug-likeness (QED) is 0.380. The Morgan fingerprint density at radius 2 is 1.85 bits per heavy atom. The molecule has 0 radical (unpaired) electrons. The third-order valence-electron chi connectivity index (χ3n) is 4.08. The van der Waals surface area contributed by atoms with Crippen molar-refractivity contribution < 1.29 is 19.2 Å². The van der Waals surface area contributed by atoms with Gasteiger partial charge in [0.2, 0.25) is 5.12 Å². The van der Waals surface area contributed by atoms with E-state index in [1.807, 2.05) is 30.3 Å². The Morgan fingerprint density at radius 1 is 1.07 bits per heavy atom. The van der Waals surface area contributed by atoms with Crippen LogP contribution in [0, 0.1) is 11.8 Å². The summed E-state index contributed by atoms with van der Waals surface area (Å²) < 4.78 is 0. The van der Waals surface area contributed by atoms with E-state index in [9.17, 15) is 19.2 Å². The lowest BCUT2D eigenvalue weighted by Crippen LogP contribution is -2.20. The first-order valence-corrected chi connectivity index (χ1v) is 13.5. The smallest absolute Gasteiger partial charge is 0.202 e. The average molecular weight is 443 g/mol. The highest BCUT2D eigenvalue weighted by atomic mass is 33.1. The van der Waals surface area contributed by atoms with Crippen molar-refractivity contribution in [3.8, 4) is 0 Å². The van der Waals surface area contributed by atoms with Crippen LogP contribution in [0.4, 0.5) is 0 Å². The summed E-state index contributed by atoms with van der Waals surface area (Å²) in [5, 5.41) is 0.169. The van der Waals surface area contributed by atoms with E-state index in [-0.39, 0.29) is 28.5 Å². The van der Waals surface area contributed by atoms with Crippen LogP contribution in [0.5, 0.6) is 0 Å². The van der Waals surface area contributed by atoms with E-state index in [1.54, 1.807) is 32.4 Å². The zero-order valence-corrected chi connectivity index (χ0v) is 18.1. The minimum atomic E-state index is -0.333. The molecular formula is C19H22O4S4. The lowest BCUT2D eigenvalue weighted by atomic mass is 9.97. The molecule has 2 saturated heterocycles. The summed E-state index contributed by atoms with van der Waals surface area (Å²) in [6.07, 6.45) is 3.02.